The molecule has 1 aromatic heterocycles. The fourth-order valence-electron chi connectivity index (χ4n) is 2.38. The van der Waals surface area contributed by atoms with E-state index < -0.39 is 5.76 Å². The highest BCUT2D eigenvalue weighted by atomic mass is 79.9. The third-order valence-electron chi connectivity index (χ3n) is 3.34. The molecule has 1 heterocycles. The summed E-state index contributed by atoms with van der Waals surface area (Å²) in [7, 11) is 1.86. The van der Waals surface area contributed by atoms with Gasteiger partial charge in [-0.25, -0.2) is 4.79 Å². The highest BCUT2D eigenvalue weighted by Crippen LogP contribution is 2.31. The highest BCUT2D eigenvalue weighted by molar-refractivity contribution is 9.10. The first-order valence-electron chi connectivity index (χ1n) is 6.33. The van der Waals surface area contributed by atoms with Crippen LogP contribution in [0.15, 0.2) is 50.1 Å². The number of H-pyrrole nitrogens is 1. The summed E-state index contributed by atoms with van der Waals surface area (Å²) < 4.78 is 6.04. The number of aromatic amines is 1. The van der Waals surface area contributed by atoms with Crippen LogP contribution in [0.5, 0.6) is 0 Å². The van der Waals surface area contributed by atoms with Crippen LogP contribution in [0.2, 0.25) is 5.02 Å². The van der Waals surface area contributed by atoms with E-state index in [1.807, 2.05) is 43.4 Å². The van der Waals surface area contributed by atoms with Gasteiger partial charge >= 0.3 is 5.76 Å². The van der Waals surface area contributed by atoms with E-state index in [2.05, 4.69) is 26.2 Å². The zero-order chi connectivity index (χ0) is 15.0. The van der Waals surface area contributed by atoms with Gasteiger partial charge in [0.15, 0.2) is 5.58 Å². The minimum Gasteiger partial charge on any atom is -0.408 e. The van der Waals surface area contributed by atoms with Crippen molar-refractivity contribution >= 4 is 38.6 Å². The highest BCUT2D eigenvalue weighted by Gasteiger charge is 2.16. The van der Waals surface area contributed by atoms with Crippen LogP contribution in [0.3, 0.4) is 0 Å². The second-order valence-corrected chi connectivity index (χ2v) is 5.98. The summed E-state index contributed by atoms with van der Waals surface area (Å²) in [5.41, 5.74) is 3.14. The molecule has 2 aromatic carbocycles. The van der Waals surface area contributed by atoms with Crippen LogP contribution in [0, 0.1) is 0 Å². The van der Waals surface area contributed by atoms with Crippen LogP contribution in [0.1, 0.15) is 17.2 Å². The number of hydrogen-bond acceptors (Lipinski definition) is 3. The number of benzene rings is 2. The van der Waals surface area contributed by atoms with Gasteiger partial charge in [-0.05, 0) is 42.4 Å². The number of hydrogen-bond donors (Lipinski definition) is 2. The Labute approximate surface area is 134 Å². The van der Waals surface area contributed by atoms with Crippen molar-refractivity contribution in [3.8, 4) is 0 Å². The molecule has 3 aromatic rings. The summed E-state index contributed by atoms with van der Waals surface area (Å²) in [5, 5.41) is 3.90. The Morgan fingerprint density at radius 2 is 2.10 bits per heavy atom. The van der Waals surface area contributed by atoms with Gasteiger partial charge in [0.25, 0.3) is 0 Å². The maximum absolute atomic E-state index is 11.2. The second-order valence-electron chi connectivity index (χ2n) is 4.66. The van der Waals surface area contributed by atoms with Gasteiger partial charge in [0.1, 0.15) is 0 Å². The van der Waals surface area contributed by atoms with Gasteiger partial charge in [0.2, 0.25) is 0 Å². The predicted molar refractivity (Wildman–Crippen MR) is 86.9 cm³/mol. The van der Waals surface area contributed by atoms with Crippen molar-refractivity contribution in [3.05, 3.63) is 67.6 Å². The molecule has 0 saturated carbocycles. The molecule has 0 aliphatic heterocycles. The van der Waals surface area contributed by atoms with Crippen molar-refractivity contribution in [1.82, 2.24) is 10.3 Å². The number of rotatable bonds is 3. The molecule has 0 aliphatic carbocycles. The Balaban J connectivity index is 2.10. The molecular formula is C15H12BrClN2O2. The van der Waals surface area contributed by atoms with Gasteiger partial charge in [0.05, 0.1) is 11.6 Å². The van der Waals surface area contributed by atoms with E-state index in [1.165, 1.54) is 0 Å². The molecule has 6 heteroatoms. The standard InChI is InChI=1S/C15H12BrClN2O2/c1-18-14(10-4-3-9(16)7-11(10)17)8-2-5-12-13(6-8)21-15(20)19-12/h2-7,14,18H,1H3,(H,19,20). The molecule has 0 bridgehead atoms. The first kappa shape index (κ1) is 14.4. The van der Waals surface area contributed by atoms with E-state index in [1.54, 1.807) is 0 Å². The van der Waals surface area contributed by atoms with Crippen molar-refractivity contribution in [2.45, 2.75) is 6.04 Å². The predicted octanol–water partition coefficient (Wildman–Crippen LogP) is 3.85. The van der Waals surface area contributed by atoms with E-state index in [4.69, 9.17) is 16.0 Å². The lowest BCUT2D eigenvalue weighted by Gasteiger charge is -2.18. The van der Waals surface area contributed by atoms with E-state index in [0.29, 0.717) is 16.1 Å². The monoisotopic (exact) mass is 366 g/mol. The fraction of sp³-hybridized carbons (Fsp3) is 0.133. The molecule has 0 radical (unpaired) electrons. The van der Waals surface area contributed by atoms with Crippen molar-refractivity contribution in [2.75, 3.05) is 7.05 Å². The minimum atomic E-state index is -0.454. The van der Waals surface area contributed by atoms with Gasteiger partial charge in [-0.15, -0.1) is 0 Å². The fourth-order valence-corrected chi connectivity index (χ4v) is 3.16. The van der Waals surface area contributed by atoms with Gasteiger partial charge in [-0.1, -0.05) is 39.7 Å². The molecule has 1 atom stereocenters. The molecule has 0 saturated heterocycles. The number of aromatic nitrogens is 1. The molecule has 4 nitrogen and oxygen atoms in total. The third kappa shape index (κ3) is 2.77. The van der Waals surface area contributed by atoms with E-state index in [-0.39, 0.29) is 6.04 Å². The number of halogens is 2. The SMILES string of the molecule is CNC(c1ccc2[nH]c(=O)oc2c1)c1ccc(Br)cc1Cl. The zero-order valence-corrected chi connectivity index (χ0v) is 13.5. The first-order valence-corrected chi connectivity index (χ1v) is 7.50. The first-order chi connectivity index (χ1) is 10.1. The molecular weight excluding hydrogens is 356 g/mol. The average Bonchev–Trinajstić information content (AvgIpc) is 2.81. The Morgan fingerprint density at radius 1 is 1.29 bits per heavy atom. The van der Waals surface area contributed by atoms with E-state index >= 15 is 0 Å². The maximum atomic E-state index is 11.2. The quantitative estimate of drug-likeness (QED) is 0.739. The van der Waals surface area contributed by atoms with Crippen LogP contribution in [-0.4, -0.2) is 12.0 Å². The normalized spacial score (nSPS) is 12.7. The van der Waals surface area contributed by atoms with Crippen molar-refractivity contribution < 1.29 is 4.42 Å². The molecule has 2 N–H and O–H groups in total. The summed E-state index contributed by atoms with van der Waals surface area (Å²) in [5.74, 6) is -0.454. The number of nitrogens with one attached hydrogen (secondary N) is 2. The van der Waals surface area contributed by atoms with Crippen molar-refractivity contribution in [2.24, 2.45) is 0 Å². The number of oxazole rings is 1. The zero-order valence-electron chi connectivity index (χ0n) is 11.1. The van der Waals surface area contributed by atoms with Crippen LogP contribution >= 0.6 is 27.5 Å². The Hall–Kier alpha value is -1.56. The van der Waals surface area contributed by atoms with Crippen LogP contribution in [0.25, 0.3) is 11.1 Å². The lowest BCUT2D eigenvalue weighted by atomic mass is 9.98. The smallest absolute Gasteiger partial charge is 0.408 e. The topological polar surface area (TPSA) is 58.0 Å². The summed E-state index contributed by atoms with van der Waals surface area (Å²) in [6.07, 6.45) is 0. The Bertz CT molecular complexity index is 856. The summed E-state index contributed by atoms with van der Waals surface area (Å²) in [6.45, 7) is 0. The molecule has 0 spiro atoms. The van der Waals surface area contributed by atoms with Crippen molar-refractivity contribution in [1.29, 1.82) is 0 Å². The molecule has 3 rings (SSSR count). The molecule has 21 heavy (non-hydrogen) atoms. The van der Waals surface area contributed by atoms with E-state index in [0.717, 1.165) is 15.6 Å². The maximum Gasteiger partial charge on any atom is 0.417 e. The second kappa shape index (κ2) is 5.67. The van der Waals surface area contributed by atoms with Gasteiger partial charge in [-0.2, -0.15) is 0 Å². The summed E-state index contributed by atoms with van der Waals surface area (Å²) >= 11 is 9.73. The van der Waals surface area contributed by atoms with E-state index in [9.17, 15) is 4.79 Å². The van der Waals surface area contributed by atoms with Gasteiger partial charge in [0, 0.05) is 9.50 Å². The Kier molecular flexibility index (Phi) is 3.89. The molecule has 0 amide bonds. The van der Waals surface area contributed by atoms with Crippen molar-refractivity contribution in [3.63, 3.8) is 0 Å². The van der Waals surface area contributed by atoms with Gasteiger partial charge < -0.3 is 9.73 Å². The van der Waals surface area contributed by atoms with Crippen LogP contribution in [0.4, 0.5) is 0 Å². The summed E-state index contributed by atoms with van der Waals surface area (Å²) in [6, 6.07) is 11.3. The Morgan fingerprint density at radius 3 is 2.81 bits per heavy atom. The van der Waals surface area contributed by atoms with Crippen LogP contribution < -0.4 is 11.1 Å². The van der Waals surface area contributed by atoms with Gasteiger partial charge in [-0.3, -0.25) is 4.98 Å². The molecule has 0 fully saturated rings. The summed E-state index contributed by atoms with van der Waals surface area (Å²) in [4.78, 5) is 13.9. The molecule has 108 valence electrons. The lowest BCUT2D eigenvalue weighted by molar-refractivity contribution is 0.554. The minimum absolute atomic E-state index is 0.0878. The third-order valence-corrected chi connectivity index (χ3v) is 4.16. The van der Waals surface area contributed by atoms with Crippen LogP contribution in [-0.2, 0) is 0 Å². The number of fused-ring (bicyclic) bond motifs is 1. The molecule has 0 aliphatic rings. The lowest BCUT2D eigenvalue weighted by Crippen LogP contribution is -2.18. The molecule has 1 unspecified atom stereocenters. The average molecular weight is 368 g/mol. The largest absolute Gasteiger partial charge is 0.417 e.